The number of ether oxygens (including phenoxy) is 5. The molecule has 13 heteroatoms. The highest BCUT2D eigenvalue weighted by molar-refractivity contribution is 6.39. The number of hydrogen-bond donors (Lipinski definition) is 2. The van der Waals surface area contributed by atoms with Crippen molar-refractivity contribution in [1.82, 2.24) is 4.90 Å². The number of piperidine rings is 1. The topological polar surface area (TPSA) is 175 Å². The molecular weight excluding hydrogens is 831 g/mol. The molecule has 3 heterocycles. The summed E-state index contributed by atoms with van der Waals surface area (Å²) in [5, 5.41) is 23.4. The van der Waals surface area contributed by atoms with Gasteiger partial charge in [0.1, 0.15) is 30.1 Å². The third-order valence-corrected chi connectivity index (χ3v) is 14.8. The number of amides is 1. The van der Waals surface area contributed by atoms with Gasteiger partial charge in [-0.15, -0.1) is 0 Å². The van der Waals surface area contributed by atoms with Gasteiger partial charge in [-0.2, -0.15) is 0 Å². The minimum absolute atomic E-state index is 0.0304. The fourth-order valence-corrected chi connectivity index (χ4v) is 10.4. The quantitative estimate of drug-likeness (QED) is 0.153. The number of carbonyl (C=O) groups excluding carboxylic acids is 5. The molecule has 0 spiro atoms. The number of aliphatic hydroxyl groups is 2. The molecule has 3 unspecified atom stereocenters. The van der Waals surface area contributed by atoms with E-state index in [0.29, 0.717) is 56.4 Å². The number of cyclic esters (lactones) is 1. The lowest BCUT2D eigenvalue weighted by atomic mass is 9.76. The minimum atomic E-state index is -2.41. The molecule has 13 nitrogen and oxygen atoms in total. The SMILES string of the molecule is CO[C@H]1CC2CC[C@@H](C)[C@@](O)(O2)C(=O)C(=O)N2CCCCC2C(=O)O[C@H]([C@H](C)C[C@@H]2CCC(C)[C@H](OC)C2)CC(=O)[C@H](C)/C=C(\C)[C@@H](O)[C@@H](OC)C(=O)[C@H](C)C[C@H](C)/C=C/C=C/C=C/1C. The fourth-order valence-electron chi connectivity index (χ4n) is 10.4. The molecule has 366 valence electrons. The zero-order valence-electron chi connectivity index (χ0n) is 41.2. The summed E-state index contributed by atoms with van der Waals surface area (Å²) in [6, 6.07) is -1.11. The summed E-state index contributed by atoms with van der Waals surface area (Å²) < 4.78 is 29.7. The van der Waals surface area contributed by atoms with Gasteiger partial charge in [-0.1, -0.05) is 78.0 Å². The van der Waals surface area contributed by atoms with Gasteiger partial charge in [0, 0.05) is 58.5 Å². The summed E-state index contributed by atoms with van der Waals surface area (Å²) >= 11 is 0. The molecule has 3 aliphatic heterocycles. The third kappa shape index (κ3) is 14.3. The molecule has 3 fully saturated rings. The number of fused-ring (bicyclic) bond motifs is 3. The maximum Gasteiger partial charge on any atom is 0.329 e. The van der Waals surface area contributed by atoms with Gasteiger partial charge in [0.25, 0.3) is 11.7 Å². The van der Waals surface area contributed by atoms with Crippen LogP contribution < -0.4 is 0 Å². The van der Waals surface area contributed by atoms with Crippen LogP contribution in [0.1, 0.15) is 132 Å². The van der Waals surface area contributed by atoms with E-state index in [9.17, 15) is 34.2 Å². The zero-order chi connectivity index (χ0) is 48.2. The van der Waals surface area contributed by atoms with E-state index >= 15 is 0 Å². The number of esters is 1. The van der Waals surface area contributed by atoms with Crippen molar-refractivity contribution in [2.24, 2.45) is 41.4 Å². The van der Waals surface area contributed by atoms with Gasteiger partial charge in [0.05, 0.1) is 18.3 Å². The van der Waals surface area contributed by atoms with Crippen LogP contribution in [0.25, 0.3) is 0 Å². The monoisotopic (exact) mass is 912 g/mol. The molecule has 1 amide bonds. The molecule has 0 aromatic carbocycles. The van der Waals surface area contributed by atoms with Crippen LogP contribution in [0.15, 0.2) is 47.6 Å². The van der Waals surface area contributed by atoms with Crippen LogP contribution in [0.5, 0.6) is 0 Å². The molecule has 2 saturated heterocycles. The number of rotatable bonds is 6. The first-order valence-corrected chi connectivity index (χ1v) is 24.2. The maximum absolute atomic E-state index is 14.4. The van der Waals surface area contributed by atoms with E-state index in [-0.39, 0.29) is 54.8 Å². The number of nitrogens with zero attached hydrogens (tertiary/aromatic N) is 1. The van der Waals surface area contributed by atoms with E-state index < -0.39 is 77.8 Å². The Hall–Kier alpha value is -3.33. The fraction of sp³-hybridized carbons (Fsp3) is 0.750. The van der Waals surface area contributed by atoms with Crippen molar-refractivity contribution in [3.8, 4) is 0 Å². The first kappa shape index (κ1) is 54.3. The Bertz CT molecular complexity index is 1750. The Labute approximate surface area is 388 Å². The maximum atomic E-state index is 14.4. The van der Waals surface area contributed by atoms with E-state index in [1.165, 1.54) is 12.0 Å². The van der Waals surface area contributed by atoms with Crippen LogP contribution in [0.4, 0.5) is 0 Å². The Balaban J connectivity index is 1.70. The number of hydrogen-bond acceptors (Lipinski definition) is 12. The van der Waals surface area contributed by atoms with Crippen molar-refractivity contribution in [3.05, 3.63) is 47.6 Å². The van der Waals surface area contributed by atoms with Gasteiger partial charge >= 0.3 is 5.97 Å². The molecule has 65 heavy (non-hydrogen) atoms. The molecule has 1 saturated carbocycles. The van der Waals surface area contributed by atoms with Crippen molar-refractivity contribution < 1.29 is 57.9 Å². The van der Waals surface area contributed by atoms with E-state index in [2.05, 4.69) is 6.92 Å². The molecule has 0 aromatic rings. The molecule has 2 N–H and O–H groups in total. The number of Topliss-reactive ketones (excluding diaryl/α,β-unsaturated/α-hetero) is 3. The average molecular weight is 912 g/mol. The average Bonchev–Trinajstić information content (AvgIpc) is 3.28. The van der Waals surface area contributed by atoms with E-state index in [1.54, 1.807) is 41.1 Å². The highest BCUT2D eigenvalue weighted by Crippen LogP contribution is 2.38. The van der Waals surface area contributed by atoms with E-state index in [1.807, 2.05) is 58.1 Å². The molecule has 15 atom stereocenters. The van der Waals surface area contributed by atoms with Gasteiger partial charge in [-0.05, 0) is 113 Å². The summed E-state index contributed by atoms with van der Waals surface area (Å²) in [6.07, 6.45) is 13.6. The number of aliphatic hydroxyl groups excluding tert-OH is 1. The Morgan fingerprint density at radius 3 is 2.25 bits per heavy atom. The minimum Gasteiger partial charge on any atom is -0.460 e. The van der Waals surface area contributed by atoms with E-state index in [4.69, 9.17) is 23.7 Å². The molecule has 0 radical (unpaired) electrons. The standard InChI is InChI=1S/C52H81NO12/c1-31-17-13-12-14-18-32(2)44(62-10)29-40-23-21-38(8)52(60,65-40)49(57)50(58)53-24-16-15-19-41(53)51(59)64-45(35(5)27-39-22-20-33(3)43(28-39)61-9)30-42(54)34(4)26-37(7)47(56)48(63-11)46(55)36(6)25-31/h12-14,17-18,26,31,33-36,38-41,43-45,47-48,56,60H,15-16,19-25,27-30H2,1-11H3/b14-12+,17-13+,32-18+,37-26+/t31-,33?,34-,35-,36-,38-,39+,40?,41?,43-,44+,45+,47-,48+,52-/m1/s1. The zero-order valence-corrected chi connectivity index (χ0v) is 41.2. The van der Waals surface area contributed by atoms with Gasteiger partial charge < -0.3 is 38.8 Å². The van der Waals surface area contributed by atoms with Gasteiger partial charge in [0.15, 0.2) is 5.78 Å². The van der Waals surface area contributed by atoms with Crippen molar-refractivity contribution in [1.29, 1.82) is 0 Å². The van der Waals surface area contributed by atoms with E-state index in [0.717, 1.165) is 24.8 Å². The largest absolute Gasteiger partial charge is 0.460 e. The lowest BCUT2D eigenvalue weighted by Crippen LogP contribution is -2.61. The number of methoxy groups -OCH3 is 3. The van der Waals surface area contributed by atoms with Crippen LogP contribution in [-0.2, 0) is 47.7 Å². The smallest absolute Gasteiger partial charge is 0.329 e. The lowest BCUT2D eigenvalue weighted by Gasteiger charge is -2.42. The second kappa shape index (κ2) is 25.2. The Morgan fingerprint density at radius 2 is 1.57 bits per heavy atom. The second-order valence-electron chi connectivity index (χ2n) is 20.0. The molecular formula is C52H81NO12. The van der Waals surface area contributed by atoms with Crippen molar-refractivity contribution in [2.45, 2.75) is 181 Å². The van der Waals surface area contributed by atoms with Gasteiger partial charge in [-0.3, -0.25) is 19.2 Å². The number of ketones is 3. The molecule has 4 rings (SSSR count). The summed E-state index contributed by atoms with van der Waals surface area (Å²) in [5.41, 5.74) is 1.30. The normalized spacial score (nSPS) is 40.4. The first-order valence-electron chi connectivity index (χ1n) is 24.2. The van der Waals surface area contributed by atoms with Crippen LogP contribution >= 0.6 is 0 Å². The summed E-state index contributed by atoms with van der Waals surface area (Å²) in [4.78, 5) is 71.9. The van der Waals surface area contributed by atoms with Crippen LogP contribution in [0.3, 0.4) is 0 Å². The molecule has 0 aromatic heterocycles. The molecule has 2 bridgehead atoms. The van der Waals surface area contributed by atoms with Crippen molar-refractivity contribution in [3.63, 3.8) is 0 Å². The van der Waals surface area contributed by atoms with Crippen LogP contribution in [0, 0.1) is 41.4 Å². The second-order valence-corrected chi connectivity index (χ2v) is 20.0. The molecule has 1 aliphatic carbocycles. The third-order valence-electron chi connectivity index (χ3n) is 14.8. The first-order chi connectivity index (χ1) is 30.7. The van der Waals surface area contributed by atoms with Gasteiger partial charge in [-0.25, -0.2) is 4.79 Å². The lowest BCUT2D eigenvalue weighted by molar-refractivity contribution is -0.265. The summed E-state index contributed by atoms with van der Waals surface area (Å²) in [5.74, 6) is -7.07. The number of allylic oxidation sites excluding steroid dienone is 6. The predicted octanol–water partition coefficient (Wildman–Crippen LogP) is 7.46. The highest BCUT2D eigenvalue weighted by Gasteiger charge is 2.53. The summed E-state index contributed by atoms with van der Waals surface area (Å²) in [6.45, 7) is 15.1. The Morgan fingerprint density at radius 1 is 0.846 bits per heavy atom. The van der Waals surface area contributed by atoms with Crippen LogP contribution in [-0.4, -0.2) is 121 Å². The van der Waals surface area contributed by atoms with Crippen molar-refractivity contribution >= 4 is 29.2 Å². The van der Waals surface area contributed by atoms with Gasteiger partial charge in [0.2, 0.25) is 5.79 Å². The predicted molar refractivity (Wildman–Crippen MR) is 248 cm³/mol. The molecule has 4 aliphatic rings. The number of carbonyl (C=O) groups is 5. The Kier molecular flexibility index (Phi) is 21.0. The van der Waals surface area contributed by atoms with Crippen LogP contribution in [0.2, 0.25) is 0 Å². The van der Waals surface area contributed by atoms with Crippen molar-refractivity contribution in [2.75, 3.05) is 27.9 Å². The highest BCUT2D eigenvalue weighted by atomic mass is 16.6. The summed E-state index contributed by atoms with van der Waals surface area (Å²) in [7, 11) is 4.70.